The Morgan fingerprint density at radius 3 is 2.40 bits per heavy atom. The van der Waals surface area contributed by atoms with Gasteiger partial charge in [0.15, 0.2) is 0 Å². The SMILES string of the molecule is CC[C@@H](CCCNC)NC. The Hall–Kier alpha value is -0.0800. The summed E-state index contributed by atoms with van der Waals surface area (Å²) in [7, 11) is 4.04. The predicted molar refractivity (Wildman–Crippen MR) is 46.3 cm³/mol. The fourth-order valence-electron chi connectivity index (χ4n) is 1.08. The van der Waals surface area contributed by atoms with Crippen molar-refractivity contribution in [3.63, 3.8) is 0 Å². The molecular formula is C8H20N2. The molecule has 2 heteroatoms. The summed E-state index contributed by atoms with van der Waals surface area (Å²) in [5, 5.41) is 6.43. The molecule has 0 rings (SSSR count). The summed E-state index contributed by atoms with van der Waals surface area (Å²) in [6, 6.07) is 0.716. The van der Waals surface area contributed by atoms with Crippen molar-refractivity contribution in [1.82, 2.24) is 10.6 Å². The van der Waals surface area contributed by atoms with Gasteiger partial charge in [0.2, 0.25) is 0 Å². The van der Waals surface area contributed by atoms with Crippen LogP contribution in [0, 0.1) is 0 Å². The van der Waals surface area contributed by atoms with Gasteiger partial charge in [-0.25, -0.2) is 0 Å². The molecule has 0 radical (unpaired) electrons. The molecule has 0 aromatic carbocycles. The van der Waals surface area contributed by atoms with E-state index in [0.29, 0.717) is 6.04 Å². The lowest BCUT2D eigenvalue weighted by molar-refractivity contribution is 0.486. The second-order valence-corrected chi connectivity index (χ2v) is 2.64. The highest BCUT2D eigenvalue weighted by atomic mass is 14.9. The highest BCUT2D eigenvalue weighted by Crippen LogP contribution is 1.98. The molecule has 0 unspecified atom stereocenters. The summed E-state index contributed by atoms with van der Waals surface area (Å²) in [5.41, 5.74) is 0. The summed E-state index contributed by atoms with van der Waals surface area (Å²) in [5.74, 6) is 0. The van der Waals surface area contributed by atoms with Crippen LogP contribution in [-0.2, 0) is 0 Å². The average Bonchev–Trinajstić information content (AvgIpc) is 1.99. The van der Waals surface area contributed by atoms with Crippen molar-refractivity contribution in [1.29, 1.82) is 0 Å². The van der Waals surface area contributed by atoms with Crippen LogP contribution in [0.25, 0.3) is 0 Å². The highest BCUT2D eigenvalue weighted by Gasteiger charge is 1.99. The topological polar surface area (TPSA) is 24.1 Å². The van der Waals surface area contributed by atoms with E-state index >= 15 is 0 Å². The average molecular weight is 144 g/mol. The van der Waals surface area contributed by atoms with Crippen LogP contribution >= 0.6 is 0 Å². The zero-order valence-corrected chi connectivity index (χ0v) is 7.41. The van der Waals surface area contributed by atoms with Crippen LogP contribution in [0.15, 0.2) is 0 Å². The fraction of sp³-hybridized carbons (Fsp3) is 1.00. The summed E-state index contributed by atoms with van der Waals surface area (Å²) >= 11 is 0. The van der Waals surface area contributed by atoms with E-state index in [1.165, 1.54) is 19.3 Å². The molecule has 0 saturated carbocycles. The highest BCUT2D eigenvalue weighted by molar-refractivity contribution is 4.61. The molecule has 0 aliphatic rings. The van der Waals surface area contributed by atoms with Crippen molar-refractivity contribution >= 4 is 0 Å². The van der Waals surface area contributed by atoms with Gasteiger partial charge in [0, 0.05) is 6.04 Å². The van der Waals surface area contributed by atoms with E-state index < -0.39 is 0 Å². The van der Waals surface area contributed by atoms with Gasteiger partial charge >= 0.3 is 0 Å². The largest absolute Gasteiger partial charge is 0.320 e. The minimum atomic E-state index is 0.716. The standard InChI is InChI=1S/C8H20N2/c1-4-8(10-3)6-5-7-9-2/h8-10H,4-7H2,1-3H3/t8-/m0/s1. The molecule has 0 amide bonds. The number of hydrogen-bond acceptors (Lipinski definition) is 2. The maximum Gasteiger partial charge on any atom is 0.00619 e. The molecule has 10 heavy (non-hydrogen) atoms. The molecule has 0 aliphatic heterocycles. The van der Waals surface area contributed by atoms with Crippen molar-refractivity contribution in [3.05, 3.63) is 0 Å². The van der Waals surface area contributed by atoms with Crippen LogP contribution in [0.4, 0.5) is 0 Å². The molecular weight excluding hydrogens is 124 g/mol. The van der Waals surface area contributed by atoms with Crippen LogP contribution in [0.1, 0.15) is 26.2 Å². The molecule has 1 atom stereocenters. The summed E-state index contributed by atoms with van der Waals surface area (Å²) in [6.45, 7) is 3.36. The van der Waals surface area contributed by atoms with Gasteiger partial charge < -0.3 is 10.6 Å². The van der Waals surface area contributed by atoms with E-state index in [4.69, 9.17) is 0 Å². The van der Waals surface area contributed by atoms with E-state index in [0.717, 1.165) is 6.54 Å². The van der Waals surface area contributed by atoms with Gasteiger partial charge in [-0.3, -0.25) is 0 Å². The van der Waals surface area contributed by atoms with Crippen LogP contribution in [0.3, 0.4) is 0 Å². The second-order valence-electron chi connectivity index (χ2n) is 2.64. The lowest BCUT2D eigenvalue weighted by atomic mass is 10.1. The smallest absolute Gasteiger partial charge is 0.00619 e. The van der Waals surface area contributed by atoms with E-state index in [9.17, 15) is 0 Å². The first-order valence-electron chi connectivity index (χ1n) is 4.17. The van der Waals surface area contributed by atoms with Gasteiger partial charge in [-0.2, -0.15) is 0 Å². The molecule has 2 N–H and O–H groups in total. The van der Waals surface area contributed by atoms with Crippen LogP contribution < -0.4 is 10.6 Å². The van der Waals surface area contributed by atoms with E-state index in [-0.39, 0.29) is 0 Å². The van der Waals surface area contributed by atoms with Crippen molar-refractivity contribution in [2.45, 2.75) is 32.2 Å². The fourth-order valence-corrected chi connectivity index (χ4v) is 1.08. The summed E-state index contributed by atoms with van der Waals surface area (Å²) in [6.07, 6.45) is 3.80. The van der Waals surface area contributed by atoms with Gasteiger partial charge in [0.05, 0.1) is 0 Å². The van der Waals surface area contributed by atoms with Crippen molar-refractivity contribution in [3.8, 4) is 0 Å². The van der Waals surface area contributed by atoms with Crippen molar-refractivity contribution in [2.75, 3.05) is 20.6 Å². The van der Waals surface area contributed by atoms with Gasteiger partial charge in [-0.1, -0.05) is 6.92 Å². The third-order valence-corrected chi connectivity index (χ3v) is 1.88. The molecule has 0 aromatic rings. The molecule has 0 spiro atoms. The maximum atomic E-state index is 3.28. The number of hydrogen-bond donors (Lipinski definition) is 2. The molecule has 0 aromatic heterocycles. The number of nitrogens with one attached hydrogen (secondary N) is 2. The Bertz CT molecular complexity index is 60.3. The Labute approximate surface area is 64.4 Å². The van der Waals surface area contributed by atoms with E-state index in [2.05, 4.69) is 17.6 Å². The van der Waals surface area contributed by atoms with E-state index in [1.54, 1.807) is 0 Å². The molecule has 2 nitrogen and oxygen atoms in total. The zero-order chi connectivity index (χ0) is 7.82. The van der Waals surface area contributed by atoms with Gasteiger partial charge in [0.1, 0.15) is 0 Å². The first kappa shape index (κ1) is 9.92. The Morgan fingerprint density at radius 1 is 1.30 bits per heavy atom. The first-order valence-corrected chi connectivity index (χ1v) is 4.17. The van der Waals surface area contributed by atoms with E-state index in [1.807, 2.05) is 14.1 Å². The molecule has 0 saturated heterocycles. The van der Waals surface area contributed by atoms with Gasteiger partial charge in [-0.05, 0) is 39.9 Å². The normalized spacial score (nSPS) is 13.5. The van der Waals surface area contributed by atoms with Crippen molar-refractivity contribution < 1.29 is 0 Å². The minimum Gasteiger partial charge on any atom is -0.320 e. The maximum absolute atomic E-state index is 3.28. The Morgan fingerprint density at radius 2 is 2.00 bits per heavy atom. The van der Waals surface area contributed by atoms with Crippen molar-refractivity contribution in [2.24, 2.45) is 0 Å². The number of rotatable bonds is 6. The molecule has 0 heterocycles. The van der Waals surface area contributed by atoms with Gasteiger partial charge in [-0.15, -0.1) is 0 Å². The lowest BCUT2D eigenvalue weighted by Crippen LogP contribution is -2.25. The summed E-state index contributed by atoms with van der Waals surface area (Å²) < 4.78 is 0. The van der Waals surface area contributed by atoms with Crippen LogP contribution in [-0.4, -0.2) is 26.7 Å². The molecule has 0 aliphatic carbocycles. The minimum absolute atomic E-state index is 0.716. The molecule has 0 fully saturated rings. The molecule has 0 bridgehead atoms. The Balaban J connectivity index is 3.09. The second kappa shape index (κ2) is 7.03. The predicted octanol–water partition coefficient (Wildman–Crippen LogP) is 0.984. The monoisotopic (exact) mass is 144 g/mol. The van der Waals surface area contributed by atoms with Crippen LogP contribution in [0.5, 0.6) is 0 Å². The molecule has 62 valence electrons. The third kappa shape index (κ3) is 4.77. The third-order valence-electron chi connectivity index (χ3n) is 1.88. The Kier molecular flexibility index (Phi) is 6.98. The quantitative estimate of drug-likeness (QED) is 0.543. The van der Waals surface area contributed by atoms with Gasteiger partial charge in [0.25, 0.3) is 0 Å². The van der Waals surface area contributed by atoms with Crippen LogP contribution in [0.2, 0.25) is 0 Å². The zero-order valence-electron chi connectivity index (χ0n) is 7.41. The summed E-state index contributed by atoms with van der Waals surface area (Å²) in [4.78, 5) is 0. The first-order chi connectivity index (χ1) is 4.85. The lowest BCUT2D eigenvalue weighted by Gasteiger charge is -2.12.